The van der Waals surface area contributed by atoms with Gasteiger partial charge in [-0.25, -0.2) is 0 Å². The standard InChI is InChI=1S/C14H20BrNO2/c1-9-12(14(16)6-4-5-7-14)10(15)8-11(17-2)13(9)18-3/h8H,4-7,16H2,1-3H3. The van der Waals surface area contributed by atoms with Crippen molar-refractivity contribution in [3.63, 3.8) is 0 Å². The van der Waals surface area contributed by atoms with E-state index in [1.54, 1.807) is 14.2 Å². The van der Waals surface area contributed by atoms with Crippen LogP contribution in [0.3, 0.4) is 0 Å². The smallest absolute Gasteiger partial charge is 0.164 e. The molecular weight excluding hydrogens is 294 g/mol. The fourth-order valence-electron chi connectivity index (χ4n) is 3.00. The third-order valence-electron chi connectivity index (χ3n) is 3.85. The highest BCUT2D eigenvalue weighted by atomic mass is 79.9. The van der Waals surface area contributed by atoms with Crippen molar-refractivity contribution in [2.45, 2.75) is 38.1 Å². The molecule has 0 saturated heterocycles. The maximum atomic E-state index is 6.57. The Labute approximate surface area is 117 Å². The van der Waals surface area contributed by atoms with Gasteiger partial charge in [0.1, 0.15) is 0 Å². The van der Waals surface area contributed by atoms with Crippen LogP contribution in [-0.2, 0) is 5.54 Å². The van der Waals surface area contributed by atoms with Crippen molar-refractivity contribution >= 4 is 15.9 Å². The molecule has 1 aliphatic rings. The van der Waals surface area contributed by atoms with Crippen molar-refractivity contribution in [2.75, 3.05) is 14.2 Å². The summed E-state index contributed by atoms with van der Waals surface area (Å²) in [4.78, 5) is 0. The van der Waals surface area contributed by atoms with Gasteiger partial charge in [0.15, 0.2) is 11.5 Å². The first-order valence-corrected chi connectivity index (χ1v) is 7.03. The number of halogens is 1. The second-order valence-corrected chi connectivity index (χ2v) is 5.81. The number of rotatable bonds is 3. The summed E-state index contributed by atoms with van der Waals surface area (Å²) in [6, 6.07) is 1.95. The average Bonchev–Trinajstić information content (AvgIpc) is 2.76. The Morgan fingerprint density at radius 1 is 1.22 bits per heavy atom. The first-order valence-electron chi connectivity index (χ1n) is 6.24. The largest absolute Gasteiger partial charge is 0.493 e. The highest BCUT2D eigenvalue weighted by Gasteiger charge is 2.35. The fraction of sp³-hybridized carbons (Fsp3) is 0.571. The molecule has 18 heavy (non-hydrogen) atoms. The van der Waals surface area contributed by atoms with Gasteiger partial charge in [0, 0.05) is 15.6 Å². The fourth-order valence-corrected chi connectivity index (χ4v) is 3.90. The van der Waals surface area contributed by atoms with Gasteiger partial charge in [-0.15, -0.1) is 0 Å². The van der Waals surface area contributed by atoms with Gasteiger partial charge in [0.05, 0.1) is 14.2 Å². The topological polar surface area (TPSA) is 44.5 Å². The number of nitrogens with two attached hydrogens (primary N) is 1. The van der Waals surface area contributed by atoms with Gasteiger partial charge in [-0.1, -0.05) is 28.8 Å². The van der Waals surface area contributed by atoms with Crippen molar-refractivity contribution in [1.82, 2.24) is 0 Å². The molecule has 0 unspecified atom stereocenters. The van der Waals surface area contributed by atoms with Crippen molar-refractivity contribution in [3.8, 4) is 11.5 Å². The van der Waals surface area contributed by atoms with Crippen LogP contribution in [0, 0.1) is 6.92 Å². The number of hydrogen-bond donors (Lipinski definition) is 1. The van der Waals surface area contributed by atoms with Crippen LogP contribution in [0.4, 0.5) is 0 Å². The monoisotopic (exact) mass is 313 g/mol. The Balaban J connectivity index is 2.60. The predicted octanol–water partition coefficient (Wildman–Crippen LogP) is 3.50. The summed E-state index contributed by atoms with van der Waals surface area (Å²) in [5.41, 5.74) is 8.58. The Morgan fingerprint density at radius 3 is 2.33 bits per heavy atom. The predicted molar refractivity (Wildman–Crippen MR) is 76.3 cm³/mol. The van der Waals surface area contributed by atoms with E-state index < -0.39 is 0 Å². The SMILES string of the molecule is COc1cc(Br)c(C2(N)CCCC2)c(C)c1OC. The molecule has 0 aliphatic heterocycles. The van der Waals surface area contributed by atoms with Gasteiger partial charge in [0.2, 0.25) is 0 Å². The lowest BCUT2D eigenvalue weighted by Crippen LogP contribution is -2.34. The quantitative estimate of drug-likeness (QED) is 0.928. The molecule has 1 aromatic rings. The van der Waals surface area contributed by atoms with Gasteiger partial charge < -0.3 is 15.2 Å². The molecule has 100 valence electrons. The lowest BCUT2D eigenvalue weighted by atomic mass is 9.86. The van der Waals surface area contributed by atoms with Crippen LogP contribution in [0.1, 0.15) is 36.8 Å². The third-order valence-corrected chi connectivity index (χ3v) is 4.48. The van der Waals surface area contributed by atoms with E-state index in [1.807, 2.05) is 13.0 Å². The second-order valence-electron chi connectivity index (χ2n) is 4.96. The van der Waals surface area contributed by atoms with Crippen LogP contribution in [0.5, 0.6) is 11.5 Å². The van der Waals surface area contributed by atoms with Crippen LogP contribution < -0.4 is 15.2 Å². The Hall–Kier alpha value is -0.740. The van der Waals surface area contributed by atoms with Gasteiger partial charge in [-0.2, -0.15) is 0 Å². The zero-order valence-electron chi connectivity index (χ0n) is 11.2. The number of ether oxygens (including phenoxy) is 2. The van der Waals surface area contributed by atoms with Crippen LogP contribution in [0.15, 0.2) is 10.5 Å². The zero-order chi connectivity index (χ0) is 13.3. The van der Waals surface area contributed by atoms with E-state index in [2.05, 4.69) is 15.9 Å². The van der Waals surface area contributed by atoms with E-state index in [1.165, 1.54) is 12.8 Å². The summed E-state index contributed by atoms with van der Waals surface area (Å²) in [6.07, 6.45) is 4.44. The van der Waals surface area contributed by atoms with Crippen LogP contribution in [0.2, 0.25) is 0 Å². The van der Waals surface area contributed by atoms with Gasteiger partial charge >= 0.3 is 0 Å². The summed E-state index contributed by atoms with van der Waals surface area (Å²) in [5, 5.41) is 0. The highest BCUT2D eigenvalue weighted by Crippen LogP contribution is 2.46. The molecule has 2 rings (SSSR count). The van der Waals surface area contributed by atoms with Crippen molar-refractivity contribution in [3.05, 3.63) is 21.7 Å². The lowest BCUT2D eigenvalue weighted by molar-refractivity contribution is 0.349. The van der Waals surface area contributed by atoms with E-state index >= 15 is 0 Å². The molecule has 4 heteroatoms. The molecule has 0 radical (unpaired) electrons. The minimum atomic E-state index is -0.234. The van der Waals surface area contributed by atoms with Crippen molar-refractivity contribution in [2.24, 2.45) is 5.73 Å². The number of methoxy groups -OCH3 is 2. The van der Waals surface area contributed by atoms with Gasteiger partial charge in [0.25, 0.3) is 0 Å². The summed E-state index contributed by atoms with van der Waals surface area (Å²) in [7, 11) is 3.32. The first kappa shape index (κ1) is 13.7. The zero-order valence-corrected chi connectivity index (χ0v) is 12.8. The van der Waals surface area contributed by atoms with Gasteiger partial charge in [-0.3, -0.25) is 0 Å². The van der Waals surface area contributed by atoms with Gasteiger partial charge in [-0.05, 0) is 31.4 Å². The minimum Gasteiger partial charge on any atom is -0.493 e. The van der Waals surface area contributed by atoms with E-state index in [0.717, 1.165) is 39.9 Å². The minimum absolute atomic E-state index is 0.234. The van der Waals surface area contributed by atoms with Crippen LogP contribution >= 0.6 is 15.9 Å². The molecule has 0 heterocycles. The maximum Gasteiger partial charge on any atom is 0.164 e. The number of benzene rings is 1. The van der Waals surface area contributed by atoms with Crippen molar-refractivity contribution < 1.29 is 9.47 Å². The Morgan fingerprint density at radius 2 is 1.83 bits per heavy atom. The molecule has 0 bridgehead atoms. The van der Waals surface area contributed by atoms with E-state index in [0.29, 0.717) is 0 Å². The molecule has 0 amide bonds. The number of hydrogen-bond acceptors (Lipinski definition) is 3. The molecule has 1 saturated carbocycles. The van der Waals surface area contributed by atoms with E-state index in [4.69, 9.17) is 15.2 Å². The Kier molecular flexibility index (Phi) is 3.87. The summed E-state index contributed by atoms with van der Waals surface area (Å²) in [5.74, 6) is 1.53. The molecule has 1 fully saturated rings. The van der Waals surface area contributed by atoms with Crippen LogP contribution in [-0.4, -0.2) is 14.2 Å². The molecule has 0 aromatic heterocycles. The molecule has 0 atom stereocenters. The molecular formula is C14H20BrNO2. The summed E-state index contributed by atoms with van der Waals surface area (Å²) >= 11 is 3.63. The summed E-state index contributed by atoms with van der Waals surface area (Å²) < 4.78 is 11.8. The molecule has 1 aromatic carbocycles. The molecule has 3 nitrogen and oxygen atoms in total. The lowest BCUT2D eigenvalue weighted by Gasteiger charge is -2.29. The Bertz CT molecular complexity index is 454. The van der Waals surface area contributed by atoms with Crippen LogP contribution in [0.25, 0.3) is 0 Å². The van der Waals surface area contributed by atoms with Crippen molar-refractivity contribution in [1.29, 1.82) is 0 Å². The third kappa shape index (κ3) is 2.12. The molecule has 0 spiro atoms. The van der Waals surface area contributed by atoms with E-state index in [-0.39, 0.29) is 5.54 Å². The first-order chi connectivity index (χ1) is 8.53. The average molecular weight is 314 g/mol. The summed E-state index contributed by atoms with van der Waals surface area (Å²) in [6.45, 7) is 2.05. The highest BCUT2D eigenvalue weighted by molar-refractivity contribution is 9.10. The van der Waals surface area contributed by atoms with E-state index in [9.17, 15) is 0 Å². The molecule has 1 aliphatic carbocycles. The maximum absolute atomic E-state index is 6.57. The molecule has 2 N–H and O–H groups in total. The second kappa shape index (κ2) is 5.10. The normalized spacial score (nSPS) is 17.8.